The third-order valence-electron chi connectivity index (χ3n) is 4.56. The lowest BCUT2D eigenvalue weighted by Gasteiger charge is -2.17. The van der Waals surface area contributed by atoms with Crippen molar-refractivity contribution in [3.63, 3.8) is 0 Å². The molecule has 6 nitrogen and oxygen atoms in total. The number of benzene rings is 2. The van der Waals surface area contributed by atoms with Gasteiger partial charge in [-0.2, -0.15) is 0 Å². The third kappa shape index (κ3) is 5.60. The summed E-state index contributed by atoms with van der Waals surface area (Å²) in [6.07, 6.45) is 0. The Morgan fingerprint density at radius 1 is 1.10 bits per heavy atom. The predicted molar refractivity (Wildman–Crippen MR) is 114 cm³/mol. The summed E-state index contributed by atoms with van der Waals surface area (Å²) in [6.45, 7) is 7.22. The van der Waals surface area contributed by atoms with Crippen molar-refractivity contribution >= 4 is 17.7 Å². The molecule has 0 radical (unpaired) electrons. The monoisotopic (exact) mass is 411 g/mol. The quantitative estimate of drug-likeness (QED) is 0.508. The van der Waals surface area contributed by atoms with Crippen LogP contribution in [0.1, 0.15) is 23.6 Å². The lowest BCUT2D eigenvalue weighted by atomic mass is 10.1. The molecule has 0 fully saturated rings. The number of carbonyl (C=O) groups is 1. The lowest BCUT2D eigenvalue weighted by Crippen LogP contribution is -2.27. The molecule has 0 saturated heterocycles. The summed E-state index contributed by atoms with van der Waals surface area (Å²) in [4.78, 5) is 14.1. The van der Waals surface area contributed by atoms with Gasteiger partial charge in [0.2, 0.25) is 11.8 Å². The first-order valence-electron chi connectivity index (χ1n) is 9.46. The van der Waals surface area contributed by atoms with E-state index in [2.05, 4.69) is 17.1 Å². The number of carbonyl (C=O) groups excluding carboxylic acids is 1. The van der Waals surface area contributed by atoms with Gasteiger partial charge in [0.05, 0.1) is 12.4 Å². The number of ether oxygens (including phenoxy) is 1. The highest BCUT2D eigenvalue weighted by Gasteiger charge is 2.14. The van der Waals surface area contributed by atoms with Gasteiger partial charge in [0.1, 0.15) is 5.75 Å². The molecule has 0 saturated carbocycles. The second kappa shape index (κ2) is 9.60. The summed E-state index contributed by atoms with van der Waals surface area (Å²) >= 11 is 1.25. The van der Waals surface area contributed by atoms with Gasteiger partial charge in [0, 0.05) is 19.2 Å². The van der Waals surface area contributed by atoms with Crippen LogP contribution in [-0.2, 0) is 11.3 Å². The van der Waals surface area contributed by atoms with E-state index in [1.807, 2.05) is 56.3 Å². The molecular weight excluding hydrogens is 386 g/mol. The number of hydrogen-bond acceptors (Lipinski definition) is 6. The maximum absolute atomic E-state index is 12.4. The first kappa shape index (κ1) is 20.9. The summed E-state index contributed by atoms with van der Waals surface area (Å²) in [6, 6.07) is 13.8. The van der Waals surface area contributed by atoms with Crippen LogP contribution in [0.15, 0.2) is 52.1 Å². The molecule has 29 heavy (non-hydrogen) atoms. The van der Waals surface area contributed by atoms with Gasteiger partial charge in [-0.25, -0.2) is 0 Å². The van der Waals surface area contributed by atoms with E-state index in [0.29, 0.717) is 24.3 Å². The molecule has 2 aromatic carbocycles. The number of aryl methyl sites for hydroxylation is 2. The van der Waals surface area contributed by atoms with Gasteiger partial charge < -0.3 is 14.1 Å². The Bertz CT molecular complexity index is 970. The number of aromatic nitrogens is 2. The van der Waals surface area contributed by atoms with Crippen molar-refractivity contribution in [3.05, 3.63) is 59.2 Å². The van der Waals surface area contributed by atoms with E-state index in [9.17, 15) is 4.79 Å². The average Bonchev–Trinajstić information content (AvgIpc) is 3.19. The van der Waals surface area contributed by atoms with Crippen molar-refractivity contribution in [3.8, 4) is 17.2 Å². The van der Waals surface area contributed by atoms with Crippen LogP contribution in [0.25, 0.3) is 11.5 Å². The van der Waals surface area contributed by atoms with E-state index in [1.165, 1.54) is 22.9 Å². The minimum atomic E-state index is -0.00480. The number of amides is 1. The van der Waals surface area contributed by atoms with Gasteiger partial charge in [-0.15, -0.1) is 10.2 Å². The molecule has 0 aliphatic carbocycles. The minimum Gasteiger partial charge on any atom is -0.494 e. The van der Waals surface area contributed by atoms with E-state index in [-0.39, 0.29) is 11.7 Å². The second-order valence-electron chi connectivity index (χ2n) is 6.79. The van der Waals surface area contributed by atoms with Crippen molar-refractivity contribution in [2.75, 3.05) is 19.4 Å². The Morgan fingerprint density at radius 3 is 2.55 bits per heavy atom. The van der Waals surface area contributed by atoms with E-state index in [0.717, 1.165) is 16.9 Å². The van der Waals surface area contributed by atoms with Crippen LogP contribution in [-0.4, -0.2) is 40.4 Å². The van der Waals surface area contributed by atoms with Crippen molar-refractivity contribution in [1.29, 1.82) is 0 Å². The number of thioether (sulfide) groups is 1. The Hall–Kier alpha value is -2.80. The highest BCUT2D eigenvalue weighted by atomic mass is 32.2. The van der Waals surface area contributed by atoms with E-state index >= 15 is 0 Å². The molecule has 0 bridgehead atoms. The molecule has 0 spiro atoms. The van der Waals surface area contributed by atoms with Crippen LogP contribution in [0.5, 0.6) is 5.75 Å². The molecule has 0 unspecified atom stereocenters. The van der Waals surface area contributed by atoms with Gasteiger partial charge in [-0.3, -0.25) is 4.79 Å². The highest BCUT2D eigenvalue weighted by molar-refractivity contribution is 7.99. The van der Waals surface area contributed by atoms with Gasteiger partial charge in [0.25, 0.3) is 5.22 Å². The molecule has 0 N–H and O–H groups in total. The van der Waals surface area contributed by atoms with Crippen LogP contribution in [0, 0.1) is 13.8 Å². The summed E-state index contributed by atoms with van der Waals surface area (Å²) < 4.78 is 11.1. The molecule has 1 amide bonds. The highest BCUT2D eigenvalue weighted by Crippen LogP contribution is 2.25. The molecule has 0 atom stereocenters. The first-order valence-corrected chi connectivity index (χ1v) is 10.4. The predicted octanol–water partition coefficient (Wildman–Crippen LogP) is 4.50. The van der Waals surface area contributed by atoms with Gasteiger partial charge in [0.15, 0.2) is 0 Å². The van der Waals surface area contributed by atoms with Crippen LogP contribution in [0.3, 0.4) is 0 Å². The zero-order valence-electron chi connectivity index (χ0n) is 17.1. The third-order valence-corrected chi connectivity index (χ3v) is 5.36. The average molecular weight is 412 g/mol. The Morgan fingerprint density at radius 2 is 1.86 bits per heavy atom. The topological polar surface area (TPSA) is 68.5 Å². The summed E-state index contributed by atoms with van der Waals surface area (Å²) in [5.41, 5.74) is 4.31. The Balaban J connectivity index is 1.53. The van der Waals surface area contributed by atoms with Crippen molar-refractivity contribution in [2.45, 2.75) is 32.5 Å². The van der Waals surface area contributed by atoms with Crippen molar-refractivity contribution in [2.24, 2.45) is 0 Å². The molecule has 3 rings (SSSR count). The standard InChI is InChI=1S/C22H25N3O3S/c1-5-27-19-10-7-17(8-11-19)13-25(4)20(26)14-29-22-24-23-21(28-22)18-9-6-15(2)16(3)12-18/h6-12H,5,13-14H2,1-4H3. The maximum atomic E-state index is 12.4. The molecular formula is C22H25N3O3S. The fourth-order valence-electron chi connectivity index (χ4n) is 2.71. The molecule has 0 aliphatic rings. The fraction of sp³-hybridized carbons (Fsp3) is 0.318. The van der Waals surface area contributed by atoms with E-state index in [1.54, 1.807) is 11.9 Å². The normalized spacial score (nSPS) is 10.8. The van der Waals surface area contributed by atoms with E-state index < -0.39 is 0 Å². The van der Waals surface area contributed by atoms with Crippen molar-refractivity contribution < 1.29 is 13.9 Å². The summed E-state index contributed by atoms with van der Waals surface area (Å²) in [5, 5.41) is 8.54. The zero-order valence-corrected chi connectivity index (χ0v) is 18.0. The summed E-state index contributed by atoms with van der Waals surface area (Å²) in [7, 11) is 1.79. The number of rotatable bonds is 8. The summed E-state index contributed by atoms with van der Waals surface area (Å²) in [5.74, 6) is 1.53. The van der Waals surface area contributed by atoms with Crippen LogP contribution in [0.2, 0.25) is 0 Å². The smallest absolute Gasteiger partial charge is 0.277 e. The zero-order chi connectivity index (χ0) is 20.8. The SMILES string of the molecule is CCOc1ccc(CN(C)C(=O)CSc2nnc(-c3ccc(C)c(C)c3)o2)cc1. The van der Waals surface area contributed by atoms with Gasteiger partial charge >= 0.3 is 0 Å². The van der Waals surface area contributed by atoms with Crippen LogP contribution in [0.4, 0.5) is 0 Å². The molecule has 1 heterocycles. The molecule has 7 heteroatoms. The Labute approximate surface area is 175 Å². The van der Waals surface area contributed by atoms with E-state index in [4.69, 9.17) is 9.15 Å². The van der Waals surface area contributed by atoms with Crippen LogP contribution < -0.4 is 4.74 Å². The first-order chi connectivity index (χ1) is 14.0. The molecule has 1 aromatic heterocycles. The van der Waals surface area contributed by atoms with Gasteiger partial charge in [-0.05, 0) is 61.7 Å². The number of nitrogens with zero attached hydrogens (tertiary/aromatic N) is 3. The van der Waals surface area contributed by atoms with Gasteiger partial charge in [-0.1, -0.05) is 30.0 Å². The number of hydrogen-bond donors (Lipinski definition) is 0. The largest absolute Gasteiger partial charge is 0.494 e. The molecule has 152 valence electrons. The molecule has 0 aliphatic heterocycles. The van der Waals surface area contributed by atoms with Crippen molar-refractivity contribution in [1.82, 2.24) is 15.1 Å². The lowest BCUT2D eigenvalue weighted by molar-refractivity contribution is -0.127. The van der Waals surface area contributed by atoms with Crippen LogP contribution >= 0.6 is 11.8 Å². The maximum Gasteiger partial charge on any atom is 0.277 e. The Kier molecular flexibility index (Phi) is 6.93. The minimum absolute atomic E-state index is 0.00480. The second-order valence-corrected chi connectivity index (χ2v) is 7.71. The fourth-order valence-corrected chi connectivity index (χ4v) is 3.42. The molecule has 3 aromatic rings.